The number of aromatic nitrogens is 6. The lowest BCUT2D eigenvalue weighted by Gasteiger charge is -2.33. The first kappa shape index (κ1) is 18.5. The molecule has 3 heterocycles. The smallest absolute Gasteiger partial charge is 0.229 e. The molecule has 5 rings (SSSR count). The highest BCUT2D eigenvalue weighted by molar-refractivity contribution is 5.88. The van der Waals surface area contributed by atoms with Gasteiger partial charge in [-0.1, -0.05) is 0 Å². The number of amides is 1. The van der Waals surface area contributed by atoms with Crippen molar-refractivity contribution in [2.75, 3.05) is 19.4 Å². The number of nitrogens with one attached hydrogen (secondary N) is 3. The molecular weight excluding hydrogens is 388 g/mol. The predicted octanol–water partition coefficient (Wildman–Crippen LogP) is -0.847. The van der Waals surface area contributed by atoms with Crippen molar-refractivity contribution in [1.29, 1.82) is 0 Å². The number of nitrogens with zero attached hydrogens (tertiary/aromatic N) is 5. The maximum absolute atomic E-state index is 12.4. The zero-order valence-electron chi connectivity index (χ0n) is 16.3. The summed E-state index contributed by atoms with van der Waals surface area (Å²) in [4.78, 5) is 25.6. The van der Waals surface area contributed by atoms with Gasteiger partial charge in [0.1, 0.15) is 11.8 Å². The number of aromatic amines is 1. The van der Waals surface area contributed by atoms with Gasteiger partial charge in [-0.15, -0.1) is 0 Å². The molecule has 2 fully saturated rings. The zero-order valence-corrected chi connectivity index (χ0v) is 16.3. The molecular formula is C19H20N8O3. The Morgan fingerprint density at radius 3 is 2.87 bits per heavy atom. The second-order valence-electron chi connectivity index (χ2n) is 7.66. The van der Waals surface area contributed by atoms with E-state index in [1.165, 1.54) is 17.9 Å². The highest BCUT2D eigenvalue weighted by Gasteiger charge is 2.76. The summed E-state index contributed by atoms with van der Waals surface area (Å²) in [5.74, 6) is 6.02. The van der Waals surface area contributed by atoms with Crippen LogP contribution in [0.2, 0.25) is 0 Å². The molecule has 2 aliphatic rings. The maximum Gasteiger partial charge on any atom is 0.229 e. The van der Waals surface area contributed by atoms with Gasteiger partial charge in [0.25, 0.3) is 0 Å². The molecule has 4 atom stereocenters. The molecule has 0 aromatic carbocycles. The Kier molecular flexibility index (Phi) is 3.86. The number of hydrogen-bond donors (Lipinski definition) is 5. The van der Waals surface area contributed by atoms with Crippen molar-refractivity contribution in [3.8, 4) is 11.8 Å². The number of fused-ring (bicyclic) bond motifs is 2. The molecule has 3 aromatic rings. The Morgan fingerprint density at radius 2 is 2.17 bits per heavy atom. The van der Waals surface area contributed by atoms with E-state index >= 15 is 0 Å². The lowest BCUT2D eigenvalue weighted by atomic mass is 9.94. The molecule has 2 unspecified atom stereocenters. The van der Waals surface area contributed by atoms with Gasteiger partial charge >= 0.3 is 0 Å². The number of anilines is 1. The SMILES string of the molecule is CNC(=O)C12CC1C[C@](O)(n1cnc3c(NC)nc(C#Cc4ccn[nH]4)nc31)[C@@H]2O. The Morgan fingerprint density at radius 1 is 1.33 bits per heavy atom. The third-order valence-electron chi connectivity index (χ3n) is 6.13. The van der Waals surface area contributed by atoms with E-state index in [0.717, 1.165) is 0 Å². The fraction of sp³-hybridized carbons (Fsp3) is 0.421. The lowest BCUT2D eigenvalue weighted by Crippen LogP contribution is -2.49. The number of H-pyrrole nitrogens is 1. The average Bonchev–Trinajstić information content (AvgIpc) is 3.11. The van der Waals surface area contributed by atoms with Crippen LogP contribution in [-0.4, -0.2) is 66.0 Å². The molecule has 5 N–H and O–H groups in total. The number of carbonyl (C=O) groups is 1. The fourth-order valence-corrected chi connectivity index (χ4v) is 4.55. The van der Waals surface area contributed by atoms with Crippen molar-refractivity contribution in [2.24, 2.45) is 11.3 Å². The molecule has 0 spiro atoms. The second-order valence-corrected chi connectivity index (χ2v) is 7.66. The van der Waals surface area contributed by atoms with Crippen LogP contribution in [-0.2, 0) is 10.5 Å². The minimum atomic E-state index is -1.71. The topological polar surface area (TPSA) is 154 Å². The van der Waals surface area contributed by atoms with Crippen LogP contribution in [0.1, 0.15) is 24.4 Å². The van der Waals surface area contributed by atoms with Crippen LogP contribution in [0.15, 0.2) is 18.6 Å². The first-order valence-corrected chi connectivity index (χ1v) is 9.51. The van der Waals surface area contributed by atoms with Crippen molar-refractivity contribution in [1.82, 2.24) is 35.0 Å². The third kappa shape index (κ3) is 2.38. The summed E-state index contributed by atoms with van der Waals surface area (Å²) < 4.78 is 1.42. The van der Waals surface area contributed by atoms with E-state index in [0.29, 0.717) is 29.1 Å². The highest BCUT2D eigenvalue weighted by atomic mass is 16.4. The minimum Gasteiger partial charge on any atom is -0.387 e. The van der Waals surface area contributed by atoms with Gasteiger partial charge in [-0.05, 0) is 30.2 Å². The molecule has 11 heteroatoms. The van der Waals surface area contributed by atoms with Gasteiger partial charge < -0.3 is 20.8 Å². The van der Waals surface area contributed by atoms with Crippen LogP contribution in [0.5, 0.6) is 0 Å². The van der Waals surface area contributed by atoms with Crippen LogP contribution in [0, 0.1) is 23.2 Å². The normalized spacial score (nSPS) is 29.2. The van der Waals surface area contributed by atoms with E-state index in [1.54, 1.807) is 19.3 Å². The number of imidazole rings is 1. The van der Waals surface area contributed by atoms with Crippen molar-refractivity contribution in [3.63, 3.8) is 0 Å². The summed E-state index contributed by atoms with van der Waals surface area (Å²) in [6.07, 6.45) is 2.48. The third-order valence-corrected chi connectivity index (χ3v) is 6.13. The molecule has 154 valence electrons. The maximum atomic E-state index is 12.4. The van der Waals surface area contributed by atoms with Gasteiger partial charge in [0.2, 0.25) is 11.7 Å². The molecule has 0 radical (unpaired) electrons. The van der Waals surface area contributed by atoms with Gasteiger partial charge in [0.05, 0.1) is 11.7 Å². The van der Waals surface area contributed by atoms with E-state index in [1.807, 2.05) is 0 Å². The second kappa shape index (κ2) is 6.25. The summed E-state index contributed by atoms with van der Waals surface area (Å²) >= 11 is 0. The Hall–Kier alpha value is -3.49. The van der Waals surface area contributed by atoms with Crippen LogP contribution in [0.25, 0.3) is 11.2 Å². The highest BCUT2D eigenvalue weighted by Crippen LogP contribution is 2.68. The van der Waals surface area contributed by atoms with Crippen molar-refractivity contribution in [2.45, 2.75) is 24.7 Å². The van der Waals surface area contributed by atoms with Gasteiger partial charge in [0, 0.05) is 26.7 Å². The van der Waals surface area contributed by atoms with E-state index in [-0.39, 0.29) is 24.1 Å². The van der Waals surface area contributed by atoms with Crippen LogP contribution in [0.4, 0.5) is 5.82 Å². The van der Waals surface area contributed by atoms with Gasteiger partial charge in [0.15, 0.2) is 22.7 Å². The molecule has 2 saturated carbocycles. The Bertz CT molecular complexity index is 1210. The number of rotatable bonds is 3. The minimum absolute atomic E-state index is 0.111. The van der Waals surface area contributed by atoms with Gasteiger partial charge in [-0.3, -0.25) is 14.5 Å². The number of aliphatic hydroxyl groups is 2. The van der Waals surface area contributed by atoms with Crippen LogP contribution in [0.3, 0.4) is 0 Å². The molecule has 0 aliphatic heterocycles. The number of aliphatic hydroxyl groups excluding tert-OH is 1. The Labute approximate surface area is 170 Å². The largest absolute Gasteiger partial charge is 0.387 e. The van der Waals surface area contributed by atoms with Gasteiger partial charge in [-0.2, -0.15) is 5.10 Å². The quantitative estimate of drug-likeness (QED) is 0.351. The molecule has 11 nitrogen and oxygen atoms in total. The molecule has 1 amide bonds. The summed E-state index contributed by atoms with van der Waals surface area (Å²) in [7, 11) is 3.22. The standard InChI is InChI=1S/C19H20N8O3/c1-20-14-13-15(25-12(24-14)4-3-11-5-6-23-26-11)27(9-22-13)19(30)8-10-7-18(10,16(19)28)17(29)21-2/h5-6,9-10,16,28,30H,7-8H2,1-2H3,(H,21,29)(H,23,26)(H,20,24,25)/t10?,16-,18?,19-/m1/s1. The van der Waals surface area contributed by atoms with Crippen LogP contribution >= 0.6 is 0 Å². The number of hydrogen-bond acceptors (Lipinski definition) is 8. The molecule has 3 aromatic heterocycles. The summed E-state index contributed by atoms with van der Waals surface area (Å²) in [6, 6.07) is 1.72. The Balaban J connectivity index is 1.61. The van der Waals surface area contributed by atoms with Gasteiger partial charge in [-0.25, -0.2) is 15.0 Å². The predicted molar refractivity (Wildman–Crippen MR) is 105 cm³/mol. The van der Waals surface area contributed by atoms with E-state index in [4.69, 9.17) is 0 Å². The molecule has 2 aliphatic carbocycles. The lowest BCUT2D eigenvalue weighted by molar-refractivity contribution is -0.155. The van der Waals surface area contributed by atoms with E-state index in [9.17, 15) is 15.0 Å². The van der Waals surface area contributed by atoms with E-state index in [2.05, 4.69) is 47.6 Å². The number of carbonyl (C=O) groups excluding carboxylic acids is 1. The monoisotopic (exact) mass is 408 g/mol. The van der Waals surface area contributed by atoms with Crippen molar-refractivity contribution < 1.29 is 15.0 Å². The average molecular weight is 408 g/mol. The summed E-state index contributed by atoms with van der Waals surface area (Å²) in [5, 5.41) is 34.6. The fourth-order valence-electron chi connectivity index (χ4n) is 4.55. The van der Waals surface area contributed by atoms with Crippen molar-refractivity contribution >= 4 is 22.9 Å². The molecule has 0 bridgehead atoms. The molecule has 0 saturated heterocycles. The molecule has 30 heavy (non-hydrogen) atoms. The van der Waals surface area contributed by atoms with Crippen molar-refractivity contribution in [3.05, 3.63) is 30.1 Å². The van der Waals surface area contributed by atoms with E-state index < -0.39 is 17.2 Å². The first-order valence-electron chi connectivity index (χ1n) is 9.51. The summed E-state index contributed by atoms with van der Waals surface area (Å²) in [6.45, 7) is 0. The zero-order chi connectivity index (χ0) is 21.1. The van der Waals surface area contributed by atoms with Crippen LogP contribution < -0.4 is 10.6 Å². The summed E-state index contributed by atoms with van der Waals surface area (Å²) in [5.41, 5.74) is -1.34. The first-order chi connectivity index (χ1) is 14.4.